The minimum absolute atomic E-state index is 0.0144. The van der Waals surface area contributed by atoms with Crippen molar-refractivity contribution in [1.29, 1.82) is 0 Å². The molecule has 4 nitrogen and oxygen atoms in total. The second-order valence-electron chi connectivity index (χ2n) is 5.64. The Hall–Kier alpha value is -1.06. The van der Waals surface area contributed by atoms with Crippen molar-refractivity contribution in [2.45, 2.75) is 78.4 Å². The number of carbonyl (C=O) groups is 2. The molecule has 4 unspecified atom stereocenters. The highest BCUT2D eigenvalue weighted by molar-refractivity contribution is 5.97. The maximum absolute atomic E-state index is 12.7. The van der Waals surface area contributed by atoms with Crippen molar-refractivity contribution in [3.05, 3.63) is 0 Å². The molecule has 1 rings (SSSR count). The Labute approximate surface area is 116 Å². The average Bonchev–Trinajstić information content (AvgIpc) is 2.41. The minimum atomic E-state index is -0.348. The molecule has 1 aliphatic rings. The van der Waals surface area contributed by atoms with Gasteiger partial charge in [-0.15, -0.1) is 0 Å². The lowest BCUT2D eigenvalue weighted by molar-refractivity contribution is -0.153. The zero-order chi connectivity index (χ0) is 14.6. The molecule has 0 aromatic heterocycles. The van der Waals surface area contributed by atoms with Crippen LogP contribution in [0.4, 0.5) is 0 Å². The lowest BCUT2D eigenvalue weighted by Gasteiger charge is -2.43. The van der Waals surface area contributed by atoms with Gasteiger partial charge in [-0.3, -0.25) is 9.59 Å². The quantitative estimate of drug-likeness (QED) is 0.803. The first kappa shape index (κ1) is 16.0. The Balaban J connectivity index is 2.98. The van der Waals surface area contributed by atoms with Gasteiger partial charge in [0.25, 0.3) is 0 Å². The summed E-state index contributed by atoms with van der Waals surface area (Å²) in [5, 5.41) is 2.89. The van der Waals surface area contributed by atoms with Crippen molar-refractivity contribution in [2.24, 2.45) is 5.92 Å². The molecule has 1 heterocycles. The monoisotopic (exact) mass is 268 g/mol. The summed E-state index contributed by atoms with van der Waals surface area (Å²) in [6.07, 6.45) is 3.80. The van der Waals surface area contributed by atoms with Crippen LogP contribution in [-0.2, 0) is 9.59 Å². The van der Waals surface area contributed by atoms with Crippen molar-refractivity contribution in [1.82, 2.24) is 10.2 Å². The highest BCUT2D eigenvalue weighted by atomic mass is 16.2. The molecule has 1 N–H and O–H groups in total. The second kappa shape index (κ2) is 6.92. The molecule has 0 aliphatic carbocycles. The van der Waals surface area contributed by atoms with Gasteiger partial charge in [0.2, 0.25) is 11.8 Å². The number of rotatable bonds is 6. The lowest BCUT2D eigenvalue weighted by atomic mass is 9.92. The number of carbonyl (C=O) groups excluding carboxylic acids is 2. The van der Waals surface area contributed by atoms with Crippen molar-refractivity contribution in [3.63, 3.8) is 0 Å². The fourth-order valence-electron chi connectivity index (χ4n) is 2.80. The van der Waals surface area contributed by atoms with E-state index in [1.807, 2.05) is 18.7 Å². The fraction of sp³-hybridized carbons (Fsp3) is 0.867. The number of hydrogen-bond donors (Lipinski definition) is 1. The first-order chi connectivity index (χ1) is 8.97. The molecular weight excluding hydrogens is 240 g/mol. The van der Waals surface area contributed by atoms with Gasteiger partial charge in [0.1, 0.15) is 12.1 Å². The summed E-state index contributed by atoms with van der Waals surface area (Å²) in [5.74, 6) is 0.270. The molecule has 0 saturated carbocycles. The van der Waals surface area contributed by atoms with E-state index in [0.29, 0.717) is 0 Å². The largest absolute Gasteiger partial charge is 0.342 e. The van der Waals surface area contributed by atoms with Crippen molar-refractivity contribution < 1.29 is 9.59 Å². The van der Waals surface area contributed by atoms with Crippen LogP contribution in [0.5, 0.6) is 0 Å². The predicted molar refractivity (Wildman–Crippen MR) is 76.7 cm³/mol. The van der Waals surface area contributed by atoms with Crippen molar-refractivity contribution in [2.75, 3.05) is 0 Å². The number of nitrogens with zero attached hydrogens (tertiary/aromatic N) is 1. The second-order valence-corrected chi connectivity index (χ2v) is 5.64. The van der Waals surface area contributed by atoms with E-state index in [0.717, 1.165) is 25.7 Å². The van der Waals surface area contributed by atoms with Crippen LogP contribution in [0.3, 0.4) is 0 Å². The Morgan fingerprint density at radius 3 is 2.32 bits per heavy atom. The number of nitrogens with one attached hydrogen (secondary N) is 1. The van der Waals surface area contributed by atoms with Crippen LogP contribution in [0.15, 0.2) is 0 Å². The number of piperazine rings is 1. The molecule has 19 heavy (non-hydrogen) atoms. The Morgan fingerprint density at radius 2 is 1.84 bits per heavy atom. The first-order valence-corrected chi connectivity index (χ1v) is 7.60. The normalized spacial score (nSPS) is 27.1. The smallest absolute Gasteiger partial charge is 0.246 e. The van der Waals surface area contributed by atoms with Crippen LogP contribution >= 0.6 is 0 Å². The van der Waals surface area contributed by atoms with E-state index in [9.17, 15) is 9.59 Å². The number of hydrogen-bond acceptors (Lipinski definition) is 2. The minimum Gasteiger partial charge on any atom is -0.342 e. The van der Waals surface area contributed by atoms with Gasteiger partial charge in [-0.1, -0.05) is 40.5 Å². The van der Waals surface area contributed by atoms with Crippen LogP contribution in [0.25, 0.3) is 0 Å². The molecule has 1 saturated heterocycles. The van der Waals surface area contributed by atoms with E-state index >= 15 is 0 Å². The topological polar surface area (TPSA) is 49.4 Å². The van der Waals surface area contributed by atoms with E-state index in [1.54, 1.807) is 0 Å². The zero-order valence-corrected chi connectivity index (χ0v) is 12.9. The fourth-order valence-corrected chi connectivity index (χ4v) is 2.80. The molecule has 0 aromatic carbocycles. The molecule has 1 aliphatic heterocycles. The van der Waals surface area contributed by atoms with Gasteiger partial charge in [-0.25, -0.2) is 0 Å². The molecule has 0 aromatic rings. The molecular formula is C15H28N2O2. The summed E-state index contributed by atoms with van der Waals surface area (Å²) in [5.41, 5.74) is 0. The summed E-state index contributed by atoms with van der Waals surface area (Å²) in [6, 6.07) is -0.506. The van der Waals surface area contributed by atoms with Gasteiger partial charge in [-0.2, -0.15) is 0 Å². The molecule has 0 bridgehead atoms. The standard InChI is InChI=1S/C15H28N2O2/c1-6-9-12(8-3)17-11(5)14(18)16-13(15(17)19)10(4)7-2/h10-13H,6-9H2,1-5H3,(H,16,18). The maximum Gasteiger partial charge on any atom is 0.246 e. The lowest BCUT2D eigenvalue weighted by Crippen LogP contribution is -2.66. The molecule has 0 spiro atoms. The van der Waals surface area contributed by atoms with Crippen LogP contribution in [0, 0.1) is 5.92 Å². The van der Waals surface area contributed by atoms with Gasteiger partial charge < -0.3 is 10.2 Å². The van der Waals surface area contributed by atoms with E-state index < -0.39 is 0 Å². The van der Waals surface area contributed by atoms with Gasteiger partial charge >= 0.3 is 0 Å². The Kier molecular flexibility index (Phi) is 5.83. The average molecular weight is 268 g/mol. The highest BCUT2D eigenvalue weighted by Crippen LogP contribution is 2.23. The molecule has 110 valence electrons. The van der Waals surface area contributed by atoms with Crippen molar-refractivity contribution >= 4 is 11.8 Å². The van der Waals surface area contributed by atoms with Crippen LogP contribution < -0.4 is 5.32 Å². The van der Waals surface area contributed by atoms with Gasteiger partial charge in [0.15, 0.2) is 0 Å². The van der Waals surface area contributed by atoms with Gasteiger partial charge in [0.05, 0.1) is 0 Å². The van der Waals surface area contributed by atoms with E-state index in [-0.39, 0.29) is 35.9 Å². The summed E-state index contributed by atoms with van der Waals surface area (Å²) in [4.78, 5) is 26.6. The van der Waals surface area contributed by atoms with Gasteiger partial charge in [-0.05, 0) is 25.7 Å². The van der Waals surface area contributed by atoms with E-state index in [1.165, 1.54) is 0 Å². The molecule has 4 heteroatoms. The zero-order valence-electron chi connectivity index (χ0n) is 12.9. The van der Waals surface area contributed by atoms with Crippen LogP contribution in [0.1, 0.15) is 60.3 Å². The van der Waals surface area contributed by atoms with E-state index in [4.69, 9.17) is 0 Å². The molecule has 2 amide bonds. The SMILES string of the molecule is CCCC(CC)N1C(=O)C(C(C)CC)NC(=O)C1C. The summed E-state index contributed by atoms with van der Waals surface area (Å²) < 4.78 is 0. The molecule has 1 fully saturated rings. The molecule has 4 atom stereocenters. The summed E-state index contributed by atoms with van der Waals surface area (Å²) in [6.45, 7) is 10.1. The summed E-state index contributed by atoms with van der Waals surface area (Å²) in [7, 11) is 0. The van der Waals surface area contributed by atoms with Crippen LogP contribution in [-0.4, -0.2) is 34.8 Å². The molecule has 0 radical (unpaired) electrons. The Bertz CT molecular complexity index is 330. The maximum atomic E-state index is 12.7. The first-order valence-electron chi connectivity index (χ1n) is 7.60. The van der Waals surface area contributed by atoms with Crippen molar-refractivity contribution in [3.8, 4) is 0 Å². The summed E-state index contributed by atoms with van der Waals surface area (Å²) >= 11 is 0. The third-order valence-corrected chi connectivity index (χ3v) is 4.31. The van der Waals surface area contributed by atoms with Crippen LogP contribution in [0.2, 0.25) is 0 Å². The third kappa shape index (κ3) is 3.28. The van der Waals surface area contributed by atoms with E-state index in [2.05, 4.69) is 26.1 Å². The Morgan fingerprint density at radius 1 is 1.21 bits per heavy atom. The third-order valence-electron chi connectivity index (χ3n) is 4.31. The predicted octanol–water partition coefficient (Wildman–Crippen LogP) is 2.33. The number of amides is 2. The van der Waals surface area contributed by atoms with Gasteiger partial charge in [0, 0.05) is 6.04 Å². The highest BCUT2D eigenvalue weighted by Gasteiger charge is 2.42.